The molecule has 2 N–H and O–H groups in total. The van der Waals surface area contributed by atoms with E-state index in [1.54, 1.807) is 6.07 Å². The van der Waals surface area contributed by atoms with Crippen LogP contribution in [0.15, 0.2) is 24.3 Å². The lowest BCUT2D eigenvalue weighted by molar-refractivity contribution is -0.0446. The van der Waals surface area contributed by atoms with E-state index in [0.29, 0.717) is 17.9 Å². The highest BCUT2D eigenvalue weighted by Gasteiger charge is 2.01. The number of aliphatic hydroxyl groups excluding tert-OH is 1. The minimum absolute atomic E-state index is 0.323. The van der Waals surface area contributed by atoms with Gasteiger partial charge in [0.15, 0.2) is 6.29 Å². The molecule has 0 amide bonds. The first kappa shape index (κ1) is 9.52. The van der Waals surface area contributed by atoms with E-state index < -0.39 is 6.29 Å². The lowest BCUT2D eigenvalue weighted by atomic mass is 10.1. The Balaban J connectivity index is 2.57. The van der Waals surface area contributed by atoms with Crippen LogP contribution >= 0.6 is 11.6 Å². The van der Waals surface area contributed by atoms with Crippen LogP contribution in [0.4, 0.5) is 0 Å². The quantitative estimate of drug-likeness (QED) is 0.704. The molecule has 0 atom stereocenters. The second-order valence-electron chi connectivity index (χ2n) is 2.61. The van der Waals surface area contributed by atoms with Crippen LogP contribution in [0.2, 0.25) is 5.02 Å². The van der Waals surface area contributed by atoms with E-state index in [-0.39, 0.29) is 0 Å². The van der Waals surface area contributed by atoms with Crippen LogP contribution < -0.4 is 0 Å². The molecule has 12 heavy (non-hydrogen) atoms. The Morgan fingerprint density at radius 3 is 2.50 bits per heavy atom. The van der Waals surface area contributed by atoms with Crippen molar-refractivity contribution in [1.29, 1.82) is 0 Å². The third-order valence-corrected chi connectivity index (χ3v) is 2.00. The van der Waals surface area contributed by atoms with Gasteiger partial charge in [0.2, 0.25) is 0 Å². The van der Waals surface area contributed by atoms with Gasteiger partial charge in [-0.2, -0.15) is 0 Å². The summed E-state index contributed by atoms with van der Waals surface area (Å²) in [4.78, 5) is 0. The van der Waals surface area contributed by atoms with Crippen LogP contribution in [-0.4, -0.2) is 16.5 Å². The van der Waals surface area contributed by atoms with E-state index >= 15 is 0 Å². The van der Waals surface area contributed by atoms with Crippen LogP contribution in [0.5, 0.6) is 0 Å². The summed E-state index contributed by atoms with van der Waals surface area (Å²) in [7, 11) is 0. The monoisotopic (exact) mass is 186 g/mol. The van der Waals surface area contributed by atoms with Crippen molar-refractivity contribution in [2.45, 2.75) is 19.1 Å². The molecule has 0 aliphatic heterocycles. The van der Waals surface area contributed by atoms with Gasteiger partial charge in [-0.25, -0.2) is 0 Å². The molecule has 66 valence electrons. The molecule has 0 bridgehead atoms. The van der Waals surface area contributed by atoms with Crippen LogP contribution in [-0.2, 0) is 6.42 Å². The van der Waals surface area contributed by atoms with Gasteiger partial charge in [-0.05, 0) is 18.1 Å². The summed E-state index contributed by atoms with van der Waals surface area (Å²) in [6.07, 6.45) is -0.331. The number of hydrogen-bond donors (Lipinski definition) is 2. The molecule has 2 nitrogen and oxygen atoms in total. The molecule has 0 aromatic heterocycles. The third-order valence-electron chi connectivity index (χ3n) is 1.63. The van der Waals surface area contributed by atoms with E-state index in [9.17, 15) is 0 Å². The molecule has 0 aliphatic rings. The topological polar surface area (TPSA) is 40.5 Å². The van der Waals surface area contributed by atoms with Gasteiger partial charge in [0, 0.05) is 11.4 Å². The molecule has 0 heterocycles. The minimum atomic E-state index is -1.25. The molecule has 0 radical (unpaired) electrons. The highest BCUT2D eigenvalue weighted by atomic mass is 35.5. The maximum absolute atomic E-state index is 8.62. The Bertz CT molecular complexity index is 248. The molecule has 1 rings (SSSR count). The van der Waals surface area contributed by atoms with Crippen molar-refractivity contribution in [3.05, 3.63) is 34.9 Å². The molecule has 0 fully saturated rings. The third kappa shape index (κ3) is 2.81. The Morgan fingerprint density at radius 1 is 1.25 bits per heavy atom. The Kier molecular flexibility index (Phi) is 3.53. The average molecular weight is 187 g/mol. The zero-order valence-electron chi connectivity index (χ0n) is 6.57. The normalized spacial score (nSPS) is 10.7. The second kappa shape index (κ2) is 4.45. The number of aliphatic hydroxyl groups is 2. The summed E-state index contributed by atoms with van der Waals surface area (Å²) in [5.41, 5.74) is 0.951. The smallest absolute Gasteiger partial charge is 0.151 e. The van der Waals surface area contributed by atoms with E-state index in [0.717, 1.165) is 5.56 Å². The number of benzene rings is 1. The zero-order chi connectivity index (χ0) is 8.97. The van der Waals surface area contributed by atoms with E-state index in [4.69, 9.17) is 21.8 Å². The first-order chi connectivity index (χ1) is 5.70. The molecule has 0 unspecified atom stereocenters. The van der Waals surface area contributed by atoms with E-state index in [2.05, 4.69) is 0 Å². The Morgan fingerprint density at radius 2 is 1.92 bits per heavy atom. The summed E-state index contributed by atoms with van der Waals surface area (Å²) >= 11 is 5.84. The summed E-state index contributed by atoms with van der Waals surface area (Å²) in [5.74, 6) is 0. The predicted octanol–water partition coefficient (Wildman–Crippen LogP) is 1.58. The van der Waals surface area contributed by atoms with Gasteiger partial charge in [-0.3, -0.25) is 0 Å². The van der Waals surface area contributed by atoms with Gasteiger partial charge in [-0.1, -0.05) is 29.8 Å². The van der Waals surface area contributed by atoms with Crippen molar-refractivity contribution in [3.63, 3.8) is 0 Å². The fourth-order valence-electron chi connectivity index (χ4n) is 0.986. The van der Waals surface area contributed by atoms with Gasteiger partial charge in [0.25, 0.3) is 0 Å². The number of rotatable bonds is 3. The average Bonchev–Trinajstić information content (AvgIpc) is 2.03. The minimum Gasteiger partial charge on any atom is -0.368 e. The predicted molar refractivity (Wildman–Crippen MR) is 48.0 cm³/mol. The standard InChI is InChI=1S/C9H11ClO2/c10-8-4-2-1-3-7(8)5-6-9(11)12/h1-4,9,11-12H,5-6H2. The lowest BCUT2D eigenvalue weighted by Gasteiger charge is -2.04. The summed E-state index contributed by atoms with van der Waals surface area (Å²) in [5, 5.41) is 17.9. The molecule has 1 aromatic rings. The van der Waals surface area contributed by atoms with E-state index in [1.807, 2.05) is 18.2 Å². The van der Waals surface area contributed by atoms with Gasteiger partial charge in [-0.15, -0.1) is 0 Å². The number of hydrogen-bond acceptors (Lipinski definition) is 2. The highest BCUT2D eigenvalue weighted by molar-refractivity contribution is 6.31. The van der Waals surface area contributed by atoms with Crippen molar-refractivity contribution in [3.8, 4) is 0 Å². The van der Waals surface area contributed by atoms with Crippen molar-refractivity contribution in [2.75, 3.05) is 0 Å². The number of halogens is 1. The first-order valence-electron chi connectivity index (χ1n) is 3.79. The van der Waals surface area contributed by atoms with Gasteiger partial charge >= 0.3 is 0 Å². The van der Waals surface area contributed by atoms with Crippen LogP contribution in [0.3, 0.4) is 0 Å². The van der Waals surface area contributed by atoms with Crippen molar-refractivity contribution < 1.29 is 10.2 Å². The van der Waals surface area contributed by atoms with Crippen LogP contribution in [0.1, 0.15) is 12.0 Å². The number of aryl methyl sites for hydroxylation is 1. The SMILES string of the molecule is OC(O)CCc1ccccc1Cl. The zero-order valence-corrected chi connectivity index (χ0v) is 7.33. The van der Waals surface area contributed by atoms with Crippen molar-refractivity contribution in [2.24, 2.45) is 0 Å². The van der Waals surface area contributed by atoms with E-state index in [1.165, 1.54) is 0 Å². The first-order valence-corrected chi connectivity index (χ1v) is 4.17. The molecule has 0 saturated carbocycles. The largest absolute Gasteiger partial charge is 0.368 e. The Labute approximate surface area is 76.4 Å². The van der Waals surface area contributed by atoms with Crippen LogP contribution in [0.25, 0.3) is 0 Å². The lowest BCUT2D eigenvalue weighted by Crippen LogP contribution is -2.05. The Hall–Kier alpha value is -0.570. The molecule has 3 heteroatoms. The molecular weight excluding hydrogens is 176 g/mol. The summed E-state index contributed by atoms with van der Waals surface area (Å²) < 4.78 is 0. The maximum atomic E-state index is 8.62. The molecule has 0 aliphatic carbocycles. The van der Waals surface area contributed by atoms with Gasteiger partial charge < -0.3 is 10.2 Å². The summed E-state index contributed by atoms with van der Waals surface area (Å²) in [6.45, 7) is 0. The van der Waals surface area contributed by atoms with Gasteiger partial charge in [0.1, 0.15) is 0 Å². The summed E-state index contributed by atoms with van der Waals surface area (Å²) in [6, 6.07) is 7.40. The molecule has 0 spiro atoms. The van der Waals surface area contributed by atoms with Gasteiger partial charge in [0.05, 0.1) is 0 Å². The molecule has 1 aromatic carbocycles. The second-order valence-corrected chi connectivity index (χ2v) is 3.02. The van der Waals surface area contributed by atoms with Crippen molar-refractivity contribution in [1.82, 2.24) is 0 Å². The van der Waals surface area contributed by atoms with Crippen LogP contribution in [0, 0.1) is 0 Å². The molecule has 0 saturated heterocycles. The molecular formula is C9H11ClO2. The highest BCUT2D eigenvalue weighted by Crippen LogP contribution is 2.16. The fraction of sp³-hybridized carbons (Fsp3) is 0.333. The fourth-order valence-corrected chi connectivity index (χ4v) is 1.22. The maximum Gasteiger partial charge on any atom is 0.151 e. The van der Waals surface area contributed by atoms with Crippen molar-refractivity contribution >= 4 is 11.6 Å².